The second-order valence-corrected chi connectivity index (χ2v) is 14.7. The van der Waals surface area contributed by atoms with Gasteiger partial charge in [-0.1, -0.05) is 107 Å². The molecular formula is C40H56O5. The zero-order chi connectivity index (χ0) is 34.2. The first-order valence-electron chi connectivity index (χ1n) is 15.9. The summed E-state index contributed by atoms with van der Waals surface area (Å²) in [5, 5.41) is 41.6. The van der Waals surface area contributed by atoms with Crippen LogP contribution in [0.1, 0.15) is 94.9 Å². The number of carbonyl (C=O) groups excluding carboxylic acids is 1. The standard InChI is InChI=1S/C40H56O5/c1-28(17-13-18-30(3)21-22-35-37(5,6)24-32(41)27-40(35,10)45)15-11-12-16-29(2)19-14-20-31(4)34(43)23-36(44)39(9)26-33(42)25-38(39,7)8/h11-21,23,32-33,41-43,45H,24-27H2,1-10H3. The predicted octanol–water partition coefficient (Wildman–Crippen LogP) is 8.65. The molecule has 0 bridgehead atoms. The van der Waals surface area contributed by atoms with Crippen LogP contribution in [0, 0.1) is 16.2 Å². The Hall–Kier alpha value is -3.21. The molecule has 2 saturated carbocycles. The van der Waals surface area contributed by atoms with E-state index in [0.29, 0.717) is 31.3 Å². The van der Waals surface area contributed by atoms with Crippen molar-refractivity contribution in [2.75, 3.05) is 0 Å². The average molecular weight is 617 g/mol. The SMILES string of the molecule is CC(C=C=C1C(C)(C)CC(O)CC1(C)O)=CC=CC(C)=CC=CC=C(C)C=CC=C(C)C(O)=CC(=O)C1(C)CC(O)CC1(C)C. The molecule has 0 saturated heterocycles. The van der Waals surface area contributed by atoms with E-state index in [2.05, 4.69) is 5.73 Å². The quantitative estimate of drug-likeness (QED) is 0.0852. The Balaban J connectivity index is 1.97. The summed E-state index contributed by atoms with van der Waals surface area (Å²) in [6.07, 6.45) is 23.6. The van der Waals surface area contributed by atoms with E-state index in [4.69, 9.17) is 0 Å². The molecule has 0 heterocycles. The van der Waals surface area contributed by atoms with Gasteiger partial charge in [-0.3, -0.25) is 4.79 Å². The van der Waals surface area contributed by atoms with Crippen molar-refractivity contribution in [2.45, 2.75) is 113 Å². The molecule has 2 aliphatic rings. The zero-order valence-electron chi connectivity index (χ0n) is 29.1. The minimum absolute atomic E-state index is 0.0570. The molecule has 2 aliphatic carbocycles. The third-order valence-corrected chi connectivity index (χ3v) is 9.39. The molecule has 4 N–H and O–H groups in total. The number of hydrogen-bond donors (Lipinski definition) is 4. The molecule has 0 radical (unpaired) electrons. The van der Waals surface area contributed by atoms with Gasteiger partial charge >= 0.3 is 0 Å². The minimum atomic E-state index is -1.07. The lowest BCUT2D eigenvalue weighted by atomic mass is 9.65. The fourth-order valence-electron chi connectivity index (χ4n) is 6.41. The van der Waals surface area contributed by atoms with Gasteiger partial charge in [0.25, 0.3) is 0 Å². The number of rotatable bonds is 10. The first kappa shape index (κ1) is 38.0. The molecule has 0 spiro atoms. The summed E-state index contributed by atoms with van der Waals surface area (Å²) in [5.74, 6) is -0.215. The van der Waals surface area contributed by atoms with Crippen molar-refractivity contribution in [3.63, 3.8) is 0 Å². The van der Waals surface area contributed by atoms with E-state index in [1.54, 1.807) is 19.9 Å². The van der Waals surface area contributed by atoms with Crippen LogP contribution < -0.4 is 0 Å². The number of aliphatic hydroxyl groups is 4. The van der Waals surface area contributed by atoms with Crippen molar-refractivity contribution in [3.8, 4) is 0 Å². The van der Waals surface area contributed by atoms with Gasteiger partial charge in [0.05, 0.1) is 17.8 Å². The fourth-order valence-corrected chi connectivity index (χ4v) is 6.41. The molecule has 0 aliphatic heterocycles. The summed E-state index contributed by atoms with van der Waals surface area (Å²) >= 11 is 0. The van der Waals surface area contributed by atoms with Gasteiger partial charge in [-0.05, 0) is 81.9 Å². The fraction of sp³-hybridized carbons (Fsp3) is 0.500. The Kier molecular flexibility index (Phi) is 13.0. The summed E-state index contributed by atoms with van der Waals surface area (Å²) < 4.78 is 0. The topological polar surface area (TPSA) is 98.0 Å². The van der Waals surface area contributed by atoms with Crippen molar-refractivity contribution in [2.24, 2.45) is 16.2 Å². The van der Waals surface area contributed by atoms with Crippen molar-refractivity contribution >= 4 is 5.78 Å². The third-order valence-electron chi connectivity index (χ3n) is 9.39. The smallest absolute Gasteiger partial charge is 0.165 e. The highest BCUT2D eigenvalue weighted by molar-refractivity contribution is 5.96. The highest BCUT2D eigenvalue weighted by Crippen LogP contribution is 2.53. The maximum Gasteiger partial charge on any atom is 0.165 e. The third kappa shape index (κ3) is 10.7. The normalized spacial score (nSPS) is 30.1. The first-order chi connectivity index (χ1) is 20.7. The predicted molar refractivity (Wildman–Crippen MR) is 187 cm³/mol. The largest absolute Gasteiger partial charge is 0.508 e. The van der Waals surface area contributed by atoms with E-state index >= 15 is 0 Å². The average Bonchev–Trinajstić information content (AvgIpc) is 3.11. The summed E-state index contributed by atoms with van der Waals surface area (Å²) in [4.78, 5) is 13.0. The second kappa shape index (κ2) is 15.4. The van der Waals surface area contributed by atoms with Gasteiger partial charge in [0, 0.05) is 23.5 Å². The van der Waals surface area contributed by atoms with Gasteiger partial charge < -0.3 is 20.4 Å². The second-order valence-electron chi connectivity index (χ2n) is 14.7. The van der Waals surface area contributed by atoms with Crippen LogP contribution in [0.2, 0.25) is 0 Å². The van der Waals surface area contributed by atoms with Crippen molar-refractivity contribution in [3.05, 3.63) is 112 Å². The highest BCUT2D eigenvalue weighted by atomic mass is 16.3. The summed E-state index contributed by atoms with van der Waals surface area (Å²) in [6, 6.07) is 0. The van der Waals surface area contributed by atoms with E-state index < -0.39 is 23.2 Å². The lowest BCUT2D eigenvalue weighted by Gasteiger charge is -2.43. The van der Waals surface area contributed by atoms with Crippen molar-refractivity contribution in [1.29, 1.82) is 0 Å². The molecule has 0 aromatic carbocycles. The summed E-state index contributed by atoms with van der Waals surface area (Å²) in [7, 11) is 0. The molecule has 2 rings (SSSR count). The van der Waals surface area contributed by atoms with E-state index in [9.17, 15) is 25.2 Å². The maximum atomic E-state index is 13.0. The molecule has 0 aromatic heterocycles. The molecule has 2 fully saturated rings. The van der Waals surface area contributed by atoms with E-state index in [1.807, 2.05) is 116 Å². The molecular weight excluding hydrogens is 560 g/mol. The molecule has 0 aromatic rings. The molecule has 4 atom stereocenters. The Bertz CT molecular complexity index is 1390. The van der Waals surface area contributed by atoms with Crippen molar-refractivity contribution in [1.82, 2.24) is 0 Å². The molecule has 246 valence electrons. The van der Waals surface area contributed by atoms with Gasteiger partial charge in [0.2, 0.25) is 0 Å². The maximum absolute atomic E-state index is 13.0. The molecule has 45 heavy (non-hydrogen) atoms. The lowest BCUT2D eigenvalue weighted by molar-refractivity contribution is -0.127. The van der Waals surface area contributed by atoms with Gasteiger partial charge in [0.1, 0.15) is 5.76 Å². The highest BCUT2D eigenvalue weighted by Gasteiger charge is 2.53. The summed E-state index contributed by atoms with van der Waals surface area (Å²) in [6.45, 7) is 19.4. The van der Waals surface area contributed by atoms with E-state index in [-0.39, 0.29) is 22.4 Å². The molecule has 4 unspecified atom stereocenters. The number of hydrogen-bond acceptors (Lipinski definition) is 5. The Morgan fingerprint density at radius 3 is 1.76 bits per heavy atom. The lowest BCUT2D eigenvalue weighted by Crippen LogP contribution is -2.45. The zero-order valence-corrected chi connectivity index (χ0v) is 29.1. The number of ketones is 1. The van der Waals surface area contributed by atoms with E-state index in [1.165, 1.54) is 6.08 Å². The number of aliphatic hydroxyl groups excluding tert-OH is 3. The van der Waals surface area contributed by atoms with Gasteiger partial charge in [-0.2, -0.15) is 0 Å². The van der Waals surface area contributed by atoms with Crippen LogP contribution in [0.3, 0.4) is 0 Å². The van der Waals surface area contributed by atoms with Crippen LogP contribution in [-0.2, 0) is 4.79 Å². The monoisotopic (exact) mass is 616 g/mol. The van der Waals surface area contributed by atoms with Gasteiger partial charge in [-0.25, -0.2) is 0 Å². The van der Waals surface area contributed by atoms with Crippen LogP contribution in [0.25, 0.3) is 0 Å². The summed E-state index contributed by atoms with van der Waals surface area (Å²) in [5.41, 5.74) is 5.41. The van der Waals surface area contributed by atoms with Crippen molar-refractivity contribution < 1.29 is 25.2 Å². The molecule has 5 nitrogen and oxygen atoms in total. The van der Waals surface area contributed by atoms with Gasteiger partial charge in [0.15, 0.2) is 5.78 Å². The minimum Gasteiger partial charge on any atom is -0.508 e. The Morgan fingerprint density at radius 1 is 0.733 bits per heavy atom. The first-order valence-corrected chi connectivity index (χ1v) is 15.9. The number of allylic oxidation sites excluding steroid dienone is 15. The van der Waals surface area contributed by atoms with Crippen LogP contribution in [0.4, 0.5) is 0 Å². The van der Waals surface area contributed by atoms with Crippen LogP contribution in [0.15, 0.2) is 112 Å². The van der Waals surface area contributed by atoms with Gasteiger partial charge in [-0.15, -0.1) is 5.73 Å². The number of carbonyl (C=O) groups is 1. The van der Waals surface area contributed by atoms with Crippen LogP contribution in [-0.4, -0.2) is 44.0 Å². The Morgan fingerprint density at radius 2 is 1.24 bits per heavy atom. The Labute approximate surface area is 271 Å². The van der Waals surface area contributed by atoms with Crippen LogP contribution >= 0.6 is 0 Å². The molecule has 5 heteroatoms. The van der Waals surface area contributed by atoms with E-state index in [0.717, 1.165) is 22.3 Å². The van der Waals surface area contributed by atoms with Crippen LogP contribution in [0.5, 0.6) is 0 Å². The molecule has 0 amide bonds.